The third-order valence-electron chi connectivity index (χ3n) is 3.36. The van der Waals surface area contributed by atoms with Crippen LogP contribution in [0.5, 0.6) is 0 Å². The van der Waals surface area contributed by atoms with Crippen LogP contribution in [0.15, 0.2) is 16.7 Å². The second-order valence-electron chi connectivity index (χ2n) is 6.53. The molecule has 7 nitrogen and oxygen atoms in total. The van der Waals surface area contributed by atoms with E-state index < -0.39 is 11.7 Å². The molecule has 2 rings (SSSR count). The third-order valence-corrected chi connectivity index (χ3v) is 3.96. The molecule has 1 aliphatic heterocycles. The van der Waals surface area contributed by atoms with Crippen molar-refractivity contribution in [2.75, 3.05) is 18.5 Å². The van der Waals surface area contributed by atoms with E-state index in [9.17, 15) is 4.79 Å². The van der Waals surface area contributed by atoms with Crippen LogP contribution in [-0.4, -0.2) is 42.0 Å². The lowest BCUT2D eigenvalue weighted by Crippen LogP contribution is -2.53. The van der Waals surface area contributed by atoms with Gasteiger partial charge in [0, 0.05) is 6.61 Å². The van der Waals surface area contributed by atoms with Crippen molar-refractivity contribution < 1.29 is 14.3 Å². The van der Waals surface area contributed by atoms with Crippen molar-refractivity contribution in [1.29, 1.82) is 5.26 Å². The van der Waals surface area contributed by atoms with Crippen molar-refractivity contribution in [1.82, 2.24) is 10.3 Å². The number of nitrogens with one attached hydrogen (secondary N) is 2. The molecule has 2 atom stereocenters. The first-order chi connectivity index (χ1) is 11.3. The van der Waals surface area contributed by atoms with Gasteiger partial charge in [-0.25, -0.2) is 9.78 Å². The zero-order valence-electron chi connectivity index (χ0n) is 13.9. The Morgan fingerprint density at radius 2 is 2.25 bits per heavy atom. The molecule has 0 aromatic carbocycles. The van der Waals surface area contributed by atoms with Crippen LogP contribution in [0.2, 0.25) is 0 Å². The molecule has 1 saturated heterocycles. The van der Waals surface area contributed by atoms with Gasteiger partial charge in [0.25, 0.3) is 0 Å². The highest BCUT2D eigenvalue weighted by Gasteiger charge is 2.29. The average Bonchev–Trinajstić information content (AvgIpc) is 2.47. The summed E-state index contributed by atoms with van der Waals surface area (Å²) in [5, 5.41) is 15.1. The second-order valence-corrected chi connectivity index (χ2v) is 7.39. The number of pyridine rings is 1. The number of rotatable bonds is 3. The largest absolute Gasteiger partial charge is 0.444 e. The van der Waals surface area contributed by atoms with E-state index in [0.717, 1.165) is 12.1 Å². The summed E-state index contributed by atoms with van der Waals surface area (Å²) in [4.78, 5) is 16.1. The molecule has 1 fully saturated rings. The lowest BCUT2D eigenvalue weighted by molar-refractivity contribution is 0.0318. The van der Waals surface area contributed by atoms with Crippen molar-refractivity contribution in [3.05, 3.63) is 22.4 Å². The fourth-order valence-corrected chi connectivity index (χ4v) is 2.76. The van der Waals surface area contributed by atoms with Gasteiger partial charge in [0.15, 0.2) is 5.69 Å². The standard InChI is InChI=1S/C16H21BrN4O3/c1-16(2,3)24-15(22)21-14-9-23-5-4-12(14)20-10-6-11(17)13(7-18)19-8-10/h6,8,12,14,20H,4-5,9H2,1-3H3,(H,21,22)/t12-,14+/m1/s1. The van der Waals surface area contributed by atoms with E-state index in [4.69, 9.17) is 14.7 Å². The van der Waals surface area contributed by atoms with Crippen LogP contribution in [0.3, 0.4) is 0 Å². The first-order valence-electron chi connectivity index (χ1n) is 7.68. The summed E-state index contributed by atoms with van der Waals surface area (Å²) in [6.07, 6.45) is 1.87. The van der Waals surface area contributed by atoms with Gasteiger partial charge >= 0.3 is 6.09 Å². The predicted octanol–water partition coefficient (Wildman–Crippen LogP) is 2.81. The topological polar surface area (TPSA) is 96.3 Å². The molecule has 8 heteroatoms. The van der Waals surface area contributed by atoms with E-state index in [1.54, 1.807) is 12.3 Å². The Kier molecular flexibility index (Phi) is 6.02. The molecule has 1 aliphatic rings. The van der Waals surface area contributed by atoms with E-state index in [0.29, 0.717) is 23.4 Å². The minimum Gasteiger partial charge on any atom is -0.444 e. The predicted molar refractivity (Wildman–Crippen MR) is 92.7 cm³/mol. The van der Waals surface area contributed by atoms with Crippen LogP contribution in [0.4, 0.5) is 10.5 Å². The minimum absolute atomic E-state index is 0.0205. The van der Waals surface area contributed by atoms with E-state index >= 15 is 0 Å². The minimum atomic E-state index is -0.551. The summed E-state index contributed by atoms with van der Waals surface area (Å²) >= 11 is 3.32. The number of amides is 1. The van der Waals surface area contributed by atoms with Gasteiger partial charge in [-0.2, -0.15) is 5.26 Å². The molecular weight excluding hydrogens is 376 g/mol. The van der Waals surface area contributed by atoms with Gasteiger partial charge in [0.1, 0.15) is 11.7 Å². The van der Waals surface area contributed by atoms with Gasteiger partial charge < -0.3 is 20.1 Å². The van der Waals surface area contributed by atoms with Gasteiger partial charge in [0.2, 0.25) is 0 Å². The molecule has 0 bridgehead atoms. The number of nitriles is 1. The Bertz CT molecular complexity index is 639. The molecule has 0 unspecified atom stereocenters. The molecule has 2 heterocycles. The van der Waals surface area contributed by atoms with E-state index in [-0.39, 0.29) is 12.1 Å². The Morgan fingerprint density at radius 3 is 2.88 bits per heavy atom. The maximum Gasteiger partial charge on any atom is 0.408 e. The third kappa shape index (κ3) is 5.35. The van der Waals surface area contributed by atoms with Gasteiger partial charge in [0.05, 0.1) is 35.0 Å². The molecule has 130 valence electrons. The SMILES string of the molecule is CC(C)(C)OC(=O)N[C@H]1COCC[C@H]1Nc1cnc(C#N)c(Br)c1. The highest BCUT2D eigenvalue weighted by Crippen LogP contribution is 2.21. The van der Waals surface area contributed by atoms with Crippen molar-refractivity contribution >= 4 is 27.7 Å². The highest BCUT2D eigenvalue weighted by atomic mass is 79.9. The van der Waals surface area contributed by atoms with Crippen LogP contribution in [0.1, 0.15) is 32.9 Å². The van der Waals surface area contributed by atoms with Crippen LogP contribution in [0.25, 0.3) is 0 Å². The van der Waals surface area contributed by atoms with Crippen molar-refractivity contribution in [3.63, 3.8) is 0 Å². The molecule has 2 N–H and O–H groups in total. The van der Waals surface area contributed by atoms with Crippen LogP contribution >= 0.6 is 15.9 Å². The highest BCUT2D eigenvalue weighted by molar-refractivity contribution is 9.10. The lowest BCUT2D eigenvalue weighted by Gasteiger charge is -2.33. The average molecular weight is 397 g/mol. The zero-order valence-corrected chi connectivity index (χ0v) is 15.5. The van der Waals surface area contributed by atoms with E-state index in [2.05, 4.69) is 31.5 Å². The fraction of sp³-hybridized carbons (Fsp3) is 0.562. The monoisotopic (exact) mass is 396 g/mol. The quantitative estimate of drug-likeness (QED) is 0.814. The maximum atomic E-state index is 12.0. The molecule has 0 radical (unpaired) electrons. The fourth-order valence-electron chi connectivity index (χ4n) is 2.33. The summed E-state index contributed by atoms with van der Waals surface area (Å²) in [7, 11) is 0. The number of aromatic nitrogens is 1. The normalized spacial score (nSPS) is 20.8. The number of nitrogens with zero attached hydrogens (tertiary/aromatic N) is 2. The number of carbonyl (C=O) groups excluding carboxylic acids is 1. The molecule has 0 spiro atoms. The van der Waals surface area contributed by atoms with E-state index in [1.165, 1.54) is 0 Å². The Morgan fingerprint density at radius 1 is 1.50 bits per heavy atom. The number of anilines is 1. The van der Waals surface area contributed by atoms with Gasteiger partial charge in [-0.3, -0.25) is 0 Å². The smallest absolute Gasteiger partial charge is 0.408 e. The van der Waals surface area contributed by atoms with E-state index in [1.807, 2.05) is 26.8 Å². The van der Waals surface area contributed by atoms with Crippen molar-refractivity contribution in [2.24, 2.45) is 0 Å². The Labute approximate surface area is 149 Å². The molecule has 24 heavy (non-hydrogen) atoms. The van der Waals surface area contributed by atoms with Crippen molar-refractivity contribution in [2.45, 2.75) is 44.9 Å². The Hall–Kier alpha value is -1.85. The maximum absolute atomic E-state index is 12.0. The number of carbonyl (C=O) groups is 1. The number of ether oxygens (including phenoxy) is 2. The van der Waals surface area contributed by atoms with Crippen molar-refractivity contribution in [3.8, 4) is 6.07 Å². The summed E-state index contributed by atoms with van der Waals surface area (Å²) in [5.41, 5.74) is 0.546. The zero-order chi connectivity index (χ0) is 17.7. The van der Waals surface area contributed by atoms with Crippen LogP contribution in [0, 0.1) is 11.3 Å². The second kappa shape index (κ2) is 7.81. The lowest BCUT2D eigenvalue weighted by atomic mass is 10.0. The van der Waals surface area contributed by atoms with Crippen LogP contribution in [-0.2, 0) is 9.47 Å². The number of halogens is 1. The summed E-state index contributed by atoms with van der Waals surface area (Å²) < 4.78 is 11.4. The molecule has 1 amide bonds. The molecule has 0 aliphatic carbocycles. The number of alkyl carbamates (subject to hydrolysis) is 1. The molecule has 1 aromatic heterocycles. The first-order valence-corrected chi connectivity index (χ1v) is 8.47. The Balaban J connectivity index is 2.03. The molecular formula is C16H21BrN4O3. The number of hydrogen-bond acceptors (Lipinski definition) is 6. The summed E-state index contributed by atoms with van der Waals surface area (Å²) in [6.45, 7) is 6.47. The molecule has 0 saturated carbocycles. The summed E-state index contributed by atoms with van der Waals surface area (Å²) in [6, 6.07) is 3.56. The van der Waals surface area contributed by atoms with Crippen LogP contribution < -0.4 is 10.6 Å². The van der Waals surface area contributed by atoms with Gasteiger partial charge in [-0.1, -0.05) is 0 Å². The first kappa shape index (κ1) is 18.5. The number of hydrogen-bond donors (Lipinski definition) is 2. The molecule has 1 aromatic rings. The summed E-state index contributed by atoms with van der Waals surface area (Å²) in [5.74, 6) is 0. The van der Waals surface area contributed by atoms with Gasteiger partial charge in [-0.15, -0.1) is 0 Å². The van der Waals surface area contributed by atoms with Gasteiger partial charge in [-0.05, 0) is 49.2 Å².